The number of hydrogen-bond donors (Lipinski definition) is 1. The van der Waals surface area contributed by atoms with Gasteiger partial charge in [-0.2, -0.15) is 0 Å². The molecule has 0 spiro atoms. The Kier molecular flexibility index (Phi) is 2.28. The lowest BCUT2D eigenvalue weighted by Gasteiger charge is -2.25. The first-order chi connectivity index (χ1) is 6.16. The summed E-state index contributed by atoms with van der Waals surface area (Å²) in [5.41, 5.74) is 0. The van der Waals surface area contributed by atoms with Crippen LogP contribution in [0.4, 0.5) is 0 Å². The quantitative estimate of drug-likeness (QED) is 0.650. The highest BCUT2D eigenvalue weighted by Crippen LogP contribution is 2.48. The number of hydrogen-bond acceptors (Lipinski definition) is 3. The lowest BCUT2D eigenvalue weighted by atomic mass is 9.87. The second kappa shape index (κ2) is 3.29. The standard InChI is InChI=1S/C10H16O3/c1-6(11)13-5-8-2-7-3-9(8)10(12)4-7/h7-10,12H,2-5H2,1H3/t7-,8+,9+,10-/m1/s1. The summed E-state index contributed by atoms with van der Waals surface area (Å²) in [6, 6.07) is 0. The van der Waals surface area contributed by atoms with Gasteiger partial charge in [-0.15, -0.1) is 0 Å². The molecule has 1 N–H and O–H groups in total. The van der Waals surface area contributed by atoms with Gasteiger partial charge in [-0.1, -0.05) is 0 Å². The average Bonchev–Trinajstić information content (AvgIpc) is 2.58. The summed E-state index contributed by atoms with van der Waals surface area (Å²) < 4.78 is 4.98. The molecular formula is C10H16O3. The van der Waals surface area contributed by atoms with E-state index in [9.17, 15) is 9.90 Å². The first kappa shape index (κ1) is 9.00. The molecule has 2 aliphatic carbocycles. The fourth-order valence-corrected chi connectivity index (χ4v) is 2.87. The maximum absolute atomic E-state index is 10.6. The van der Waals surface area contributed by atoms with Crippen LogP contribution >= 0.6 is 0 Å². The lowest BCUT2D eigenvalue weighted by molar-refractivity contribution is -0.143. The summed E-state index contributed by atoms with van der Waals surface area (Å²) in [5, 5.41) is 9.61. The van der Waals surface area contributed by atoms with Crippen LogP contribution in [0.1, 0.15) is 26.2 Å². The van der Waals surface area contributed by atoms with Crippen LogP contribution in [0.25, 0.3) is 0 Å². The monoisotopic (exact) mass is 184 g/mol. The molecule has 3 heteroatoms. The molecule has 0 aliphatic heterocycles. The second-order valence-corrected chi connectivity index (χ2v) is 4.37. The molecule has 4 atom stereocenters. The molecule has 2 aliphatic rings. The van der Waals surface area contributed by atoms with E-state index in [1.807, 2.05) is 0 Å². The summed E-state index contributed by atoms with van der Waals surface area (Å²) in [7, 11) is 0. The van der Waals surface area contributed by atoms with Crippen molar-refractivity contribution in [1.29, 1.82) is 0 Å². The van der Waals surface area contributed by atoms with E-state index >= 15 is 0 Å². The molecule has 0 radical (unpaired) electrons. The van der Waals surface area contributed by atoms with Crippen LogP contribution in [0.2, 0.25) is 0 Å². The Balaban J connectivity index is 1.85. The fourth-order valence-electron chi connectivity index (χ4n) is 2.87. The van der Waals surface area contributed by atoms with Crippen LogP contribution in [-0.2, 0) is 9.53 Å². The van der Waals surface area contributed by atoms with E-state index in [0.29, 0.717) is 24.4 Å². The minimum absolute atomic E-state index is 0.140. The normalized spacial score (nSPS) is 42.3. The van der Waals surface area contributed by atoms with Crippen molar-refractivity contribution in [3.05, 3.63) is 0 Å². The van der Waals surface area contributed by atoms with Crippen LogP contribution < -0.4 is 0 Å². The predicted molar refractivity (Wildman–Crippen MR) is 47.0 cm³/mol. The molecule has 2 rings (SSSR count). The van der Waals surface area contributed by atoms with Gasteiger partial charge in [-0.05, 0) is 37.0 Å². The molecule has 0 aromatic heterocycles. The molecule has 0 aromatic carbocycles. The Bertz CT molecular complexity index is 214. The highest BCUT2D eigenvalue weighted by atomic mass is 16.5. The zero-order valence-electron chi connectivity index (χ0n) is 7.90. The maximum atomic E-state index is 10.6. The Morgan fingerprint density at radius 3 is 2.77 bits per heavy atom. The van der Waals surface area contributed by atoms with Crippen LogP contribution in [0.5, 0.6) is 0 Å². The molecule has 74 valence electrons. The van der Waals surface area contributed by atoms with Gasteiger partial charge in [0.1, 0.15) is 0 Å². The third-order valence-corrected chi connectivity index (χ3v) is 3.42. The lowest BCUT2D eigenvalue weighted by Crippen LogP contribution is -2.28. The molecule has 2 fully saturated rings. The molecule has 2 saturated carbocycles. The first-order valence-corrected chi connectivity index (χ1v) is 4.98. The zero-order chi connectivity index (χ0) is 9.42. The van der Waals surface area contributed by atoms with E-state index < -0.39 is 0 Å². The SMILES string of the molecule is CC(=O)OC[C@@H]1C[C@@H]2C[C@@H]1[C@H](O)C2. The summed E-state index contributed by atoms with van der Waals surface area (Å²) in [5.74, 6) is 1.28. The number of carbonyl (C=O) groups is 1. The molecule has 2 bridgehead atoms. The van der Waals surface area contributed by atoms with Gasteiger partial charge in [-0.25, -0.2) is 0 Å². The van der Waals surface area contributed by atoms with Crippen molar-refractivity contribution in [2.45, 2.75) is 32.3 Å². The number of carbonyl (C=O) groups excluding carboxylic acids is 1. The summed E-state index contributed by atoms with van der Waals surface area (Å²) >= 11 is 0. The van der Waals surface area contributed by atoms with E-state index in [1.165, 1.54) is 6.92 Å². The van der Waals surface area contributed by atoms with Crippen LogP contribution in [0.3, 0.4) is 0 Å². The van der Waals surface area contributed by atoms with Crippen LogP contribution in [0.15, 0.2) is 0 Å². The van der Waals surface area contributed by atoms with E-state index in [0.717, 1.165) is 19.3 Å². The van der Waals surface area contributed by atoms with E-state index in [1.54, 1.807) is 0 Å². The number of aliphatic hydroxyl groups is 1. The number of rotatable bonds is 2. The molecule has 3 nitrogen and oxygen atoms in total. The van der Waals surface area contributed by atoms with Crippen molar-refractivity contribution in [3.63, 3.8) is 0 Å². The van der Waals surface area contributed by atoms with Gasteiger partial charge < -0.3 is 9.84 Å². The molecule has 0 saturated heterocycles. The van der Waals surface area contributed by atoms with Crippen molar-refractivity contribution in [2.24, 2.45) is 17.8 Å². The smallest absolute Gasteiger partial charge is 0.302 e. The predicted octanol–water partition coefficient (Wildman–Crippen LogP) is 0.957. The second-order valence-electron chi connectivity index (χ2n) is 4.37. The van der Waals surface area contributed by atoms with Crippen molar-refractivity contribution in [3.8, 4) is 0 Å². The van der Waals surface area contributed by atoms with Gasteiger partial charge in [-0.3, -0.25) is 4.79 Å². The van der Waals surface area contributed by atoms with Gasteiger partial charge in [0.2, 0.25) is 0 Å². The first-order valence-electron chi connectivity index (χ1n) is 4.98. The highest BCUT2D eigenvalue weighted by Gasteiger charge is 2.45. The summed E-state index contributed by atoms with van der Waals surface area (Å²) in [6.07, 6.45) is 3.09. The molecule has 0 heterocycles. The summed E-state index contributed by atoms with van der Waals surface area (Å²) in [4.78, 5) is 10.6. The fraction of sp³-hybridized carbons (Fsp3) is 0.900. The van der Waals surface area contributed by atoms with E-state index in [4.69, 9.17) is 4.74 Å². The minimum atomic E-state index is -0.211. The maximum Gasteiger partial charge on any atom is 0.302 e. The van der Waals surface area contributed by atoms with Crippen LogP contribution in [0, 0.1) is 17.8 Å². The molecular weight excluding hydrogens is 168 g/mol. The van der Waals surface area contributed by atoms with Crippen molar-refractivity contribution in [2.75, 3.05) is 6.61 Å². The number of fused-ring (bicyclic) bond motifs is 2. The number of aliphatic hydroxyl groups excluding tert-OH is 1. The van der Waals surface area contributed by atoms with Gasteiger partial charge in [0, 0.05) is 6.92 Å². The molecule has 13 heavy (non-hydrogen) atoms. The third kappa shape index (κ3) is 1.70. The Morgan fingerprint density at radius 1 is 1.46 bits per heavy atom. The van der Waals surface area contributed by atoms with E-state index in [2.05, 4.69) is 0 Å². The summed E-state index contributed by atoms with van der Waals surface area (Å²) in [6.45, 7) is 1.94. The Morgan fingerprint density at radius 2 is 2.23 bits per heavy atom. The van der Waals surface area contributed by atoms with Crippen molar-refractivity contribution >= 4 is 5.97 Å². The minimum Gasteiger partial charge on any atom is -0.466 e. The topological polar surface area (TPSA) is 46.5 Å². The van der Waals surface area contributed by atoms with Crippen molar-refractivity contribution in [1.82, 2.24) is 0 Å². The number of esters is 1. The third-order valence-electron chi connectivity index (χ3n) is 3.42. The van der Waals surface area contributed by atoms with Gasteiger partial charge in [0.25, 0.3) is 0 Å². The number of ether oxygens (including phenoxy) is 1. The average molecular weight is 184 g/mol. The molecule has 0 unspecified atom stereocenters. The Hall–Kier alpha value is -0.570. The zero-order valence-corrected chi connectivity index (χ0v) is 7.90. The van der Waals surface area contributed by atoms with Crippen LogP contribution in [-0.4, -0.2) is 23.8 Å². The largest absolute Gasteiger partial charge is 0.466 e. The molecule has 0 aromatic rings. The Labute approximate surface area is 78.1 Å². The van der Waals surface area contributed by atoms with Gasteiger partial charge in [0.05, 0.1) is 12.7 Å². The van der Waals surface area contributed by atoms with Crippen molar-refractivity contribution < 1.29 is 14.6 Å². The molecule has 0 amide bonds. The van der Waals surface area contributed by atoms with E-state index in [-0.39, 0.29) is 12.1 Å². The van der Waals surface area contributed by atoms with Gasteiger partial charge >= 0.3 is 5.97 Å². The highest BCUT2D eigenvalue weighted by molar-refractivity contribution is 5.65. The van der Waals surface area contributed by atoms with Gasteiger partial charge in [0.15, 0.2) is 0 Å².